The van der Waals surface area contributed by atoms with Crippen molar-refractivity contribution in [2.24, 2.45) is 0 Å². The number of hydrogen-bond acceptors (Lipinski definition) is 1. The molecular weight excluding hydrogens is 404 g/mol. The van der Waals surface area contributed by atoms with E-state index < -0.39 is 0 Å². The summed E-state index contributed by atoms with van der Waals surface area (Å²) >= 11 is 0. The average Bonchev–Trinajstić information content (AvgIpc) is 3.06. The predicted molar refractivity (Wildman–Crippen MR) is 126 cm³/mol. The minimum Gasteiger partial charge on any atom is -0.238 e. The monoisotopic (exact) mass is 428 g/mol. The van der Waals surface area contributed by atoms with Crippen LogP contribution in [0.25, 0.3) is 16.0 Å². The Balaban J connectivity index is 1.43. The third-order valence-electron chi connectivity index (χ3n) is 6.55. The summed E-state index contributed by atoms with van der Waals surface area (Å²) in [7, 11) is 0. The predicted octanol–water partition coefficient (Wildman–Crippen LogP) is 5.09. The molecule has 158 valence electrons. The summed E-state index contributed by atoms with van der Waals surface area (Å²) in [6, 6.07) is 22.2. The van der Waals surface area contributed by atoms with E-state index in [-0.39, 0.29) is 5.41 Å². The topological polar surface area (TPSA) is 35.9 Å². The van der Waals surface area contributed by atoms with E-state index in [1.165, 1.54) is 33.4 Å². The summed E-state index contributed by atoms with van der Waals surface area (Å²) in [5, 5.41) is 9.02. The minimum absolute atomic E-state index is 0.102. The molecule has 4 heteroatoms. The van der Waals surface area contributed by atoms with Gasteiger partial charge in [0, 0.05) is 39.8 Å². The Morgan fingerprint density at radius 2 is 1.27 bits per heavy atom. The van der Waals surface area contributed by atoms with E-state index in [1.54, 1.807) is 0 Å². The van der Waals surface area contributed by atoms with Crippen molar-refractivity contribution in [3.05, 3.63) is 125 Å². The first-order valence-corrected chi connectivity index (χ1v) is 11.0. The van der Waals surface area contributed by atoms with Crippen molar-refractivity contribution in [3.63, 3.8) is 0 Å². The molecule has 0 atom stereocenters. The number of fused-ring (bicyclic) bond motifs is 3. The molecule has 0 saturated carbocycles. The average molecular weight is 429 g/mol. The van der Waals surface area contributed by atoms with Crippen LogP contribution in [0, 0.1) is 17.9 Å². The fourth-order valence-electron chi connectivity index (χ4n) is 4.67. The van der Waals surface area contributed by atoms with Crippen LogP contribution in [0.5, 0.6) is 0 Å². The number of nitriles is 1. The molecule has 5 rings (SSSR count). The van der Waals surface area contributed by atoms with Crippen molar-refractivity contribution in [2.45, 2.75) is 32.4 Å². The lowest BCUT2D eigenvalue weighted by molar-refractivity contribution is -0.689. The molecule has 0 aliphatic heterocycles. The van der Waals surface area contributed by atoms with Crippen LogP contribution in [0.2, 0.25) is 0 Å². The van der Waals surface area contributed by atoms with Gasteiger partial charge < -0.3 is 0 Å². The Morgan fingerprint density at radius 3 is 1.73 bits per heavy atom. The molecule has 2 heterocycles. The van der Waals surface area contributed by atoms with Crippen LogP contribution < -0.4 is 9.13 Å². The summed E-state index contributed by atoms with van der Waals surface area (Å²) in [6.07, 6.45) is 8.82. The van der Waals surface area contributed by atoms with E-state index in [4.69, 9.17) is 11.8 Å². The molecule has 33 heavy (non-hydrogen) atoms. The molecule has 2 aromatic carbocycles. The highest BCUT2D eigenvalue weighted by Gasteiger charge is 2.39. The molecule has 0 spiro atoms. The number of pyridine rings is 2. The molecule has 0 unspecified atom stereocenters. The minimum atomic E-state index is -0.102. The second-order valence-electron chi connectivity index (χ2n) is 9.10. The summed E-state index contributed by atoms with van der Waals surface area (Å²) in [5.41, 5.74) is 8.85. The van der Waals surface area contributed by atoms with Crippen LogP contribution in [-0.4, -0.2) is 0 Å². The molecule has 2 aromatic heterocycles. The van der Waals surface area contributed by atoms with Gasteiger partial charge in [0.2, 0.25) is 0 Å². The van der Waals surface area contributed by atoms with Gasteiger partial charge in [-0.25, -0.2) is 14.0 Å². The van der Waals surface area contributed by atoms with Gasteiger partial charge in [0.15, 0.2) is 43.6 Å². The first-order chi connectivity index (χ1) is 16.0. The number of rotatable bonds is 4. The van der Waals surface area contributed by atoms with E-state index in [1.807, 2.05) is 48.5 Å². The summed E-state index contributed by atoms with van der Waals surface area (Å²) in [4.78, 5) is 3.48. The molecule has 0 radical (unpaired) electrons. The Labute approximate surface area is 194 Å². The molecule has 1 aliphatic carbocycles. The zero-order chi connectivity index (χ0) is 23.0. The van der Waals surface area contributed by atoms with Gasteiger partial charge in [0.05, 0.1) is 18.2 Å². The van der Waals surface area contributed by atoms with Crippen molar-refractivity contribution >= 4 is 5.69 Å². The van der Waals surface area contributed by atoms with Crippen LogP contribution in [0.15, 0.2) is 85.5 Å². The first-order valence-electron chi connectivity index (χ1n) is 11.0. The Kier molecular flexibility index (Phi) is 5.00. The summed E-state index contributed by atoms with van der Waals surface area (Å²) in [5.74, 6) is 0. The van der Waals surface area contributed by atoms with E-state index in [0.717, 1.165) is 13.1 Å². The van der Waals surface area contributed by atoms with Crippen LogP contribution in [0.4, 0.5) is 5.69 Å². The smallest absolute Gasteiger partial charge is 0.187 e. The van der Waals surface area contributed by atoms with Gasteiger partial charge in [0.1, 0.15) is 0 Å². The third kappa shape index (κ3) is 3.77. The van der Waals surface area contributed by atoms with Gasteiger partial charge in [-0.2, -0.15) is 5.26 Å². The highest BCUT2D eigenvalue weighted by molar-refractivity contribution is 5.78. The number of benzene rings is 2. The molecular formula is C29H24N4+2. The number of hydrogen-bond donors (Lipinski definition) is 0. The molecule has 0 bridgehead atoms. The van der Waals surface area contributed by atoms with Gasteiger partial charge in [-0.15, -0.1) is 0 Å². The van der Waals surface area contributed by atoms with E-state index >= 15 is 0 Å². The van der Waals surface area contributed by atoms with Crippen molar-refractivity contribution < 1.29 is 9.13 Å². The molecule has 4 nitrogen and oxygen atoms in total. The lowest BCUT2D eigenvalue weighted by atomic mass is 9.84. The summed E-state index contributed by atoms with van der Waals surface area (Å²) < 4.78 is 4.45. The maximum absolute atomic E-state index is 9.02. The largest absolute Gasteiger partial charge is 0.238 e. The Hall–Kier alpha value is -4.28. The van der Waals surface area contributed by atoms with Crippen molar-refractivity contribution in [1.82, 2.24) is 0 Å². The van der Waals surface area contributed by atoms with Crippen molar-refractivity contribution in [3.8, 4) is 17.2 Å². The van der Waals surface area contributed by atoms with Crippen LogP contribution in [0.1, 0.15) is 41.7 Å². The zero-order valence-electron chi connectivity index (χ0n) is 18.8. The molecule has 0 N–H and O–H groups in total. The number of aromatic nitrogens is 2. The highest BCUT2D eigenvalue weighted by atomic mass is 14.9. The molecule has 4 aromatic rings. The molecule has 1 aliphatic rings. The lowest BCUT2D eigenvalue weighted by Gasteiger charge is -2.18. The molecule has 0 fully saturated rings. The van der Waals surface area contributed by atoms with E-state index in [9.17, 15) is 0 Å². The van der Waals surface area contributed by atoms with Gasteiger partial charge in [-0.3, -0.25) is 0 Å². The standard InChI is InChI=1S/C29H24N4/c1-29(2)27-19-32(17-22-6-4-21(16-30)5-7-22)14-12-25(27)26-13-15-33(20-28(26)29)18-23-8-10-24(31-3)11-9-23/h4-15,19-20H,17-18H2,1-2H3/q+2. The first kappa shape index (κ1) is 20.6. The van der Waals surface area contributed by atoms with Gasteiger partial charge in [-0.05, 0) is 23.3 Å². The fourth-order valence-corrected chi connectivity index (χ4v) is 4.67. The van der Waals surface area contributed by atoms with Gasteiger partial charge >= 0.3 is 0 Å². The van der Waals surface area contributed by atoms with Gasteiger partial charge in [-0.1, -0.05) is 50.2 Å². The lowest BCUT2D eigenvalue weighted by Crippen LogP contribution is -2.36. The van der Waals surface area contributed by atoms with Gasteiger partial charge in [0.25, 0.3) is 0 Å². The third-order valence-corrected chi connectivity index (χ3v) is 6.55. The zero-order valence-corrected chi connectivity index (χ0v) is 18.8. The Bertz CT molecular complexity index is 1320. The normalized spacial score (nSPS) is 13.0. The molecule has 0 amide bonds. The van der Waals surface area contributed by atoms with Crippen LogP contribution in [-0.2, 0) is 18.5 Å². The van der Waals surface area contributed by atoms with Crippen LogP contribution in [0.3, 0.4) is 0 Å². The highest BCUT2D eigenvalue weighted by Crippen LogP contribution is 2.47. The number of nitrogens with zero attached hydrogens (tertiary/aromatic N) is 4. The maximum Gasteiger partial charge on any atom is 0.187 e. The second-order valence-corrected chi connectivity index (χ2v) is 9.10. The van der Waals surface area contributed by atoms with E-state index in [0.29, 0.717) is 11.3 Å². The summed E-state index contributed by atoms with van der Waals surface area (Å²) in [6.45, 7) is 13.3. The SMILES string of the molecule is [C-]#[N+]c1ccc(C[n+]2ccc3c(c2)C(C)(C)c2c[n+](Cc4ccc(C#N)cc4)ccc2-3)cc1. The van der Waals surface area contributed by atoms with Crippen LogP contribution >= 0.6 is 0 Å². The van der Waals surface area contributed by atoms with Crippen molar-refractivity contribution in [2.75, 3.05) is 0 Å². The second kappa shape index (κ2) is 8.01. The molecule has 0 saturated heterocycles. The quantitative estimate of drug-likeness (QED) is 0.330. The Morgan fingerprint density at radius 1 is 0.788 bits per heavy atom. The fraction of sp³-hybridized carbons (Fsp3) is 0.172. The van der Waals surface area contributed by atoms with Crippen molar-refractivity contribution in [1.29, 1.82) is 5.26 Å². The van der Waals surface area contributed by atoms with E-state index in [2.05, 4.69) is 70.8 Å². The maximum atomic E-state index is 9.02.